The number of aromatic nitrogens is 2. The van der Waals surface area contributed by atoms with Crippen LogP contribution in [-0.4, -0.2) is 30.1 Å². The van der Waals surface area contributed by atoms with Crippen LogP contribution < -0.4 is 20.1 Å². The fraction of sp³-hybridized carbons (Fsp3) is 0.190. The molecule has 0 saturated carbocycles. The number of hydrogen-bond donors (Lipinski definition) is 2. The van der Waals surface area contributed by atoms with Gasteiger partial charge in [0.1, 0.15) is 28.8 Å². The molecule has 0 bridgehead atoms. The summed E-state index contributed by atoms with van der Waals surface area (Å²) in [5.74, 6) is 1.95. The van der Waals surface area contributed by atoms with Crippen LogP contribution in [0.3, 0.4) is 0 Å². The second kappa shape index (κ2) is 8.39. The summed E-state index contributed by atoms with van der Waals surface area (Å²) in [4.78, 5) is 21.2. The minimum absolute atomic E-state index is 0.262. The minimum Gasteiger partial charge on any atom is -0.497 e. The molecule has 2 aromatic carbocycles. The molecule has 0 radical (unpaired) electrons. The van der Waals surface area contributed by atoms with Crippen LogP contribution in [0.5, 0.6) is 11.5 Å². The minimum atomic E-state index is -0.309. The van der Waals surface area contributed by atoms with E-state index in [-0.39, 0.29) is 11.6 Å². The first-order chi connectivity index (χ1) is 13.5. The van der Waals surface area contributed by atoms with E-state index in [9.17, 15) is 4.79 Å². The smallest absolute Gasteiger partial charge is 0.274 e. The van der Waals surface area contributed by atoms with Crippen molar-refractivity contribution in [3.8, 4) is 11.5 Å². The van der Waals surface area contributed by atoms with Crippen molar-refractivity contribution in [2.75, 3.05) is 24.9 Å². The second-order valence-corrected chi connectivity index (χ2v) is 6.20. The Balaban J connectivity index is 1.86. The van der Waals surface area contributed by atoms with Crippen molar-refractivity contribution in [1.82, 2.24) is 9.97 Å². The van der Waals surface area contributed by atoms with E-state index < -0.39 is 0 Å². The van der Waals surface area contributed by atoms with E-state index in [1.165, 1.54) is 0 Å². The van der Waals surface area contributed by atoms with Gasteiger partial charge in [-0.25, -0.2) is 9.97 Å². The normalized spacial score (nSPS) is 10.3. The van der Waals surface area contributed by atoms with Crippen molar-refractivity contribution >= 4 is 23.1 Å². The third-order valence-electron chi connectivity index (χ3n) is 4.02. The number of rotatable bonds is 6. The molecule has 0 saturated heterocycles. The summed E-state index contributed by atoms with van der Waals surface area (Å²) in [7, 11) is 3.17. The number of nitrogens with one attached hydrogen (secondary N) is 2. The number of carbonyl (C=O) groups is 1. The van der Waals surface area contributed by atoms with Gasteiger partial charge in [0.15, 0.2) is 0 Å². The Bertz CT molecular complexity index is 1000. The summed E-state index contributed by atoms with van der Waals surface area (Å²) in [6.45, 7) is 3.70. The van der Waals surface area contributed by atoms with E-state index in [4.69, 9.17) is 9.47 Å². The maximum Gasteiger partial charge on any atom is 0.274 e. The van der Waals surface area contributed by atoms with Crippen LogP contribution in [0.25, 0.3) is 0 Å². The molecule has 144 valence electrons. The molecule has 1 aromatic heterocycles. The predicted molar refractivity (Wildman–Crippen MR) is 109 cm³/mol. The molecular formula is C21H22N4O3. The molecule has 3 aromatic rings. The van der Waals surface area contributed by atoms with Crippen molar-refractivity contribution in [2.45, 2.75) is 13.8 Å². The van der Waals surface area contributed by atoms with E-state index in [0.29, 0.717) is 34.5 Å². The zero-order chi connectivity index (χ0) is 20.1. The van der Waals surface area contributed by atoms with Gasteiger partial charge in [-0.3, -0.25) is 4.79 Å². The Kier molecular flexibility index (Phi) is 5.74. The topological polar surface area (TPSA) is 85.4 Å². The highest BCUT2D eigenvalue weighted by molar-refractivity contribution is 6.03. The number of aryl methyl sites for hydroxylation is 2. The van der Waals surface area contributed by atoms with Gasteiger partial charge in [0.25, 0.3) is 5.91 Å². The molecule has 0 fully saturated rings. The lowest BCUT2D eigenvalue weighted by Gasteiger charge is -2.13. The van der Waals surface area contributed by atoms with Gasteiger partial charge >= 0.3 is 0 Å². The molecule has 0 aliphatic rings. The summed E-state index contributed by atoms with van der Waals surface area (Å²) >= 11 is 0. The van der Waals surface area contributed by atoms with Gasteiger partial charge in [-0.15, -0.1) is 0 Å². The van der Waals surface area contributed by atoms with Gasteiger partial charge in [0, 0.05) is 17.8 Å². The first kappa shape index (κ1) is 19.2. The van der Waals surface area contributed by atoms with Crippen LogP contribution in [0.4, 0.5) is 17.2 Å². The Labute approximate surface area is 163 Å². The fourth-order valence-corrected chi connectivity index (χ4v) is 2.72. The van der Waals surface area contributed by atoms with Crippen molar-refractivity contribution in [2.24, 2.45) is 0 Å². The molecule has 0 unspecified atom stereocenters. The number of hydrogen-bond acceptors (Lipinski definition) is 6. The molecule has 1 heterocycles. The quantitative estimate of drug-likeness (QED) is 0.671. The van der Waals surface area contributed by atoms with Crippen LogP contribution in [0, 0.1) is 13.8 Å². The SMILES string of the molecule is COc1ccc(OC)c(Nc2cc(C(=O)Nc3cccc(C)c3)nc(C)n2)c1. The van der Waals surface area contributed by atoms with E-state index in [1.54, 1.807) is 45.4 Å². The predicted octanol–water partition coefficient (Wildman–Crippen LogP) is 4.11. The summed E-state index contributed by atoms with van der Waals surface area (Å²) in [5.41, 5.74) is 2.71. The molecule has 0 spiro atoms. The van der Waals surface area contributed by atoms with E-state index in [1.807, 2.05) is 31.2 Å². The van der Waals surface area contributed by atoms with Gasteiger partial charge in [0.05, 0.1) is 19.9 Å². The van der Waals surface area contributed by atoms with Gasteiger partial charge in [-0.2, -0.15) is 0 Å². The lowest BCUT2D eigenvalue weighted by Crippen LogP contribution is -2.15. The van der Waals surface area contributed by atoms with Gasteiger partial charge in [-0.1, -0.05) is 12.1 Å². The van der Waals surface area contributed by atoms with Crippen molar-refractivity contribution in [1.29, 1.82) is 0 Å². The van der Waals surface area contributed by atoms with E-state index in [0.717, 1.165) is 5.56 Å². The highest BCUT2D eigenvalue weighted by atomic mass is 16.5. The molecule has 7 nitrogen and oxygen atoms in total. The molecule has 7 heteroatoms. The van der Waals surface area contributed by atoms with Crippen molar-refractivity contribution in [3.05, 3.63) is 65.6 Å². The third kappa shape index (κ3) is 4.56. The zero-order valence-corrected chi connectivity index (χ0v) is 16.2. The molecule has 2 N–H and O–H groups in total. The van der Waals surface area contributed by atoms with Crippen LogP contribution in [0.2, 0.25) is 0 Å². The van der Waals surface area contributed by atoms with Gasteiger partial charge < -0.3 is 20.1 Å². The Morgan fingerprint density at radius 2 is 1.79 bits per heavy atom. The average Bonchev–Trinajstić information content (AvgIpc) is 2.67. The van der Waals surface area contributed by atoms with Crippen molar-refractivity contribution in [3.63, 3.8) is 0 Å². The Morgan fingerprint density at radius 3 is 2.50 bits per heavy atom. The fourth-order valence-electron chi connectivity index (χ4n) is 2.72. The largest absolute Gasteiger partial charge is 0.497 e. The van der Waals surface area contributed by atoms with Crippen LogP contribution in [0.1, 0.15) is 21.9 Å². The van der Waals surface area contributed by atoms with Crippen molar-refractivity contribution < 1.29 is 14.3 Å². The Morgan fingerprint density at radius 1 is 0.964 bits per heavy atom. The lowest BCUT2D eigenvalue weighted by atomic mass is 10.2. The van der Waals surface area contributed by atoms with Crippen LogP contribution in [0.15, 0.2) is 48.5 Å². The number of carbonyl (C=O) groups excluding carboxylic acids is 1. The molecular weight excluding hydrogens is 356 g/mol. The summed E-state index contributed by atoms with van der Waals surface area (Å²) < 4.78 is 10.6. The second-order valence-electron chi connectivity index (χ2n) is 6.20. The van der Waals surface area contributed by atoms with Gasteiger partial charge in [0.2, 0.25) is 0 Å². The number of amides is 1. The number of anilines is 3. The molecule has 0 aliphatic heterocycles. The highest BCUT2D eigenvalue weighted by Crippen LogP contribution is 2.31. The highest BCUT2D eigenvalue weighted by Gasteiger charge is 2.13. The van der Waals surface area contributed by atoms with E-state index in [2.05, 4.69) is 20.6 Å². The zero-order valence-electron chi connectivity index (χ0n) is 16.2. The number of benzene rings is 2. The average molecular weight is 378 g/mol. The molecule has 1 amide bonds. The van der Waals surface area contributed by atoms with Crippen LogP contribution >= 0.6 is 0 Å². The van der Waals surface area contributed by atoms with Crippen LogP contribution in [-0.2, 0) is 0 Å². The first-order valence-corrected chi connectivity index (χ1v) is 8.71. The maximum atomic E-state index is 12.6. The third-order valence-corrected chi connectivity index (χ3v) is 4.02. The monoisotopic (exact) mass is 378 g/mol. The molecule has 28 heavy (non-hydrogen) atoms. The summed E-state index contributed by atoms with van der Waals surface area (Å²) in [6, 6.07) is 14.6. The van der Waals surface area contributed by atoms with E-state index >= 15 is 0 Å². The lowest BCUT2D eigenvalue weighted by molar-refractivity contribution is 0.102. The van der Waals surface area contributed by atoms with Gasteiger partial charge in [-0.05, 0) is 43.7 Å². The number of nitrogens with zero attached hydrogens (tertiary/aromatic N) is 2. The summed E-state index contributed by atoms with van der Waals surface area (Å²) in [5, 5.41) is 6.03. The Hall–Kier alpha value is -3.61. The molecule has 0 aliphatic carbocycles. The maximum absolute atomic E-state index is 12.6. The molecule has 0 atom stereocenters. The number of ether oxygens (including phenoxy) is 2. The first-order valence-electron chi connectivity index (χ1n) is 8.71. The molecule has 3 rings (SSSR count). The number of methoxy groups -OCH3 is 2. The standard InChI is InChI=1S/C21H22N4O3/c1-13-6-5-7-15(10-13)24-21(26)18-12-20(23-14(2)22-18)25-17-11-16(27-3)8-9-19(17)28-4/h5-12H,1-4H3,(H,24,26)(H,22,23,25). The summed E-state index contributed by atoms with van der Waals surface area (Å²) in [6.07, 6.45) is 0.